The second kappa shape index (κ2) is 8.11. The van der Waals surface area contributed by atoms with E-state index in [4.69, 9.17) is 4.74 Å². The highest BCUT2D eigenvalue weighted by atomic mass is 16.5. The molecule has 1 fully saturated rings. The molecule has 1 aromatic heterocycles. The van der Waals surface area contributed by atoms with Crippen LogP contribution in [0.5, 0.6) is 0 Å². The van der Waals surface area contributed by atoms with Gasteiger partial charge in [-0.1, -0.05) is 48.5 Å². The molecule has 0 unspecified atom stereocenters. The molecule has 1 saturated carbocycles. The fourth-order valence-electron chi connectivity index (χ4n) is 3.84. The first kappa shape index (κ1) is 19.8. The van der Waals surface area contributed by atoms with Gasteiger partial charge in [0.25, 0.3) is 0 Å². The molecule has 0 bridgehead atoms. The highest BCUT2D eigenvalue weighted by molar-refractivity contribution is 6.14. The van der Waals surface area contributed by atoms with Gasteiger partial charge in [-0.05, 0) is 38.8 Å². The molecule has 1 aliphatic rings. The maximum Gasteiger partial charge on any atom is 0.339 e. The maximum absolute atomic E-state index is 12.8. The minimum absolute atomic E-state index is 0.155. The minimum atomic E-state index is -0.681. The van der Waals surface area contributed by atoms with Gasteiger partial charge in [-0.15, -0.1) is 0 Å². The Kier molecular flexibility index (Phi) is 5.36. The average molecular weight is 401 g/mol. The summed E-state index contributed by atoms with van der Waals surface area (Å²) < 4.78 is 7.48. The minimum Gasteiger partial charge on any atom is -0.454 e. The molecule has 5 heteroatoms. The Balaban J connectivity index is 1.49. The third kappa shape index (κ3) is 3.83. The molecule has 3 aromatic rings. The fourth-order valence-corrected chi connectivity index (χ4v) is 3.84. The molecule has 4 rings (SSSR count). The zero-order valence-corrected chi connectivity index (χ0v) is 17.1. The van der Waals surface area contributed by atoms with Gasteiger partial charge in [0.15, 0.2) is 12.4 Å². The van der Waals surface area contributed by atoms with Crippen LogP contribution >= 0.6 is 0 Å². The fraction of sp³-hybridized carbons (Fsp3) is 0.240. The van der Waals surface area contributed by atoms with Crippen LogP contribution in [-0.2, 0) is 4.74 Å². The van der Waals surface area contributed by atoms with E-state index in [0.29, 0.717) is 17.2 Å². The predicted molar refractivity (Wildman–Crippen MR) is 113 cm³/mol. The standard InChI is InChI=1S/C25H23NO4/c1-16-14-22(17(2)26(16)19-12-13-19)23(27)15-30-25(29)21-11-7-6-10-20(21)24(28)18-8-4-3-5-9-18/h3-11,14,19H,12-13,15H2,1-2H3. The largest absolute Gasteiger partial charge is 0.454 e. The van der Waals surface area contributed by atoms with Crippen LogP contribution in [0.3, 0.4) is 0 Å². The van der Waals surface area contributed by atoms with Crippen molar-refractivity contribution in [1.29, 1.82) is 0 Å². The highest BCUT2D eigenvalue weighted by Crippen LogP contribution is 2.38. The van der Waals surface area contributed by atoms with Gasteiger partial charge < -0.3 is 9.30 Å². The van der Waals surface area contributed by atoms with Gasteiger partial charge in [0, 0.05) is 34.1 Å². The number of Topliss-reactive ketones (excluding diaryl/α,β-unsaturated/α-hetero) is 1. The van der Waals surface area contributed by atoms with Gasteiger partial charge in [-0.3, -0.25) is 9.59 Å². The lowest BCUT2D eigenvalue weighted by atomic mass is 9.98. The van der Waals surface area contributed by atoms with Gasteiger partial charge in [-0.25, -0.2) is 4.79 Å². The number of aryl methyl sites for hydroxylation is 1. The quantitative estimate of drug-likeness (QED) is 0.425. The lowest BCUT2D eigenvalue weighted by Gasteiger charge is -2.10. The van der Waals surface area contributed by atoms with Crippen LogP contribution in [0.25, 0.3) is 0 Å². The number of ketones is 2. The summed E-state index contributed by atoms with van der Waals surface area (Å²) in [5, 5.41) is 0. The van der Waals surface area contributed by atoms with E-state index in [1.807, 2.05) is 26.0 Å². The number of nitrogens with zero attached hydrogens (tertiary/aromatic N) is 1. The van der Waals surface area contributed by atoms with Crippen molar-refractivity contribution in [3.63, 3.8) is 0 Å². The molecular formula is C25H23NO4. The second-order valence-corrected chi connectivity index (χ2v) is 7.63. The van der Waals surface area contributed by atoms with E-state index < -0.39 is 5.97 Å². The first-order valence-electron chi connectivity index (χ1n) is 10.0. The third-order valence-corrected chi connectivity index (χ3v) is 5.46. The average Bonchev–Trinajstić information content (AvgIpc) is 3.56. The number of aromatic nitrogens is 1. The summed E-state index contributed by atoms with van der Waals surface area (Å²) in [7, 11) is 0. The zero-order chi connectivity index (χ0) is 21.3. The maximum atomic E-state index is 12.8. The number of hydrogen-bond acceptors (Lipinski definition) is 4. The lowest BCUT2D eigenvalue weighted by molar-refractivity contribution is 0.0472. The number of carbonyl (C=O) groups is 3. The smallest absolute Gasteiger partial charge is 0.339 e. The van der Waals surface area contributed by atoms with Crippen molar-refractivity contribution in [1.82, 2.24) is 4.57 Å². The molecule has 0 spiro atoms. The van der Waals surface area contributed by atoms with E-state index in [0.717, 1.165) is 24.2 Å². The van der Waals surface area contributed by atoms with E-state index in [-0.39, 0.29) is 29.3 Å². The first-order valence-corrected chi connectivity index (χ1v) is 10.0. The van der Waals surface area contributed by atoms with Crippen LogP contribution in [-0.4, -0.2) is 28.7 Å². The SMILES string of the molecule is Cc1cc(C(=O)COC(=O)c2ccccc2C(=O)c2ccccc2)c(C)n1C1CC1. The molecule has 2 aromatic carbocycles. The van der Waals surface area contributed by atoms with Crippen LogP contribution < -0.4 is 0 Å². The molecule has 1 heterocycles. The summed E-state index contributed by atoms with van der Waals surface area (Å²) in [6, 6.07) is 17.6. The Morgan fingerprint density at radius 2 is 1.53 bits per heavy atom. The molecule has 5 nitrogen and oxygen atoms in total. The van der Waals surface area contributed by atoms with Gasteiger partial charge >= 0.3 is 5.97 Å². The van der Waals surface area contributed by atoms with E-state index in [9.17, 15) is 14.4 Å². The number of benzene rings is 2. The Morgan fingerprint density at radius 3 is 2.20 bits per heavy atom. The van der Waals surface area contributed by atoms with Crippen LogP contribution in [0.1, 0.15) is 66.9 Å². The summed E-state index contributed by atoms with van der Waals surface area (Å²) >= 11 is 0. The zero-order valence-electron chi connectivity index (χ0n) is 17.1. The van der Waals surface area contributed by atoms with Crippen molar-refractivity contribution in [3.8, 4) is 0 Å². The summed E-state index contributed by atoms with van der Waals surface area (Å²) in [4.78, 5) is 38.2. The van der Waals surface area contributed by atoms with Gasteiger partial charge in [-0.2, -0.15) is 0 Å². The summed E-state index contributed by atoms with van der Waals surface area (Å²) in [6.07, 6.45) is 2.26. The Hall–Kier alpha value is -3.47. The third-order valence-electron chi connectivity index (χ3n) is 5.46. The van der Waals surface area contributed by atoms with E-state index in [1.54, 1.807) is 48.5 Å². The van der Waals surface area contributed by atoms with E-state index in [1.165, 1.54) is 0 Å². The Labute approximate surface area is 175 Å². The number of ether oxygens (including phenoxy) is 1. The molecule has 0 aliphatic heterocycles. The molecule has 152 valence electrons. The van der Waals surface area contributed by atoms with Crippen molar-refractivity contribution < 1.29 is 19.1 Å². The van der Waals surface area contributed by atoms with Gasteiger partial charge in [0.2, 0.25) is 5.78 Å². The van der Waals surface area contributed by atoms with Crippen LogP contribution in [0.4, 0.5) is 0 Å². The molecule has 1 aliphatic carbocycles. The predicted octanol–water partition coefficient (Wildman–Crippen LogP) is 4.71. The second-order valence-electron chi connectivity index (χ2n) is 7.63. The summed E-state index contributed by atoms with van der Waals surface area (Å²) in [5.74, 6) is -1.18. The molecule has 0 amide bonds. The number of rotatable bonds is 7. The van der Waals surface area contributed by atoms with Gasteiger partial charge in [0.1, 0.15) is 0 Å². The molecule has 0 radical (unpaired) electrons. The van der Waals surface area contributed by atoms with Crippen molar-refractivity contribution in [2.45, 2.75) is 32.7 Å². The highest BCUT2D eigenvalue weighted by Gasteiger charge is 2.28. The summed E-state index contributed by atoms with van der Waals surface area (Å²) in [5.41, 5.74) is 3.44. The topological polar surface area (TPSA) is 65.4 Å². The molecule has 30 heavy (non-hydrogen) atoms. The van der Waals surface area contributed by atoms with Crippen molar-refractivity contribution >= 4 is 17.5 Å². The van der Waals surface area contributed by atoms with Crippen LogP contribution in [0, 0.1) is 13.8 Å². The van der Waals surface area contributed by atoms with Crippen LogP contribution in [0.2, 0.25) is 0 Å². The normalized spacial score (nSPS) is 13.1. The van der Waals surface area contributed by atoms with E-state index in [2.05, 4.69) is 4.57 Å². The summed E-state index contributed by atoms with van der Waals surface area (Å²) in [6.45, 7) is 3.55. The van der Waals surface area contributed by atoms with Gasteiger partial charge in [0.05, 0.1) is 5.56 Å². The lowest BCUT2D eigenvalue weighted by Crippen LogP contribution is -2.17. The molecule has 0 atom stereocenters. The van der Waals surface area contributed by atoms with E-state index >= 15 is 0 Å². The van der Waals surface area contributed by atoms with Crippen molar-refractivity contribution in [2.24, 2.45) is 0 Å². The Bertz CT molecular complexity index is 1120. The Morgan fingerprint density at radius 1 is 0.900 bits per heavy atom. The number of carbonyl (C=O) groups excluding carboxylic acids is 3. The number of hydrogen-bond donors (Lipinski definition) is 0. The molecule has 0 N–H and O–H groups in total. The number of esters is 1. The molecular weight excluding hydrogens is 378 g/mol. The first-order chi connectivity index (χ1) is 14.5. The van der Waals surface area contributed by atoms with Crippen molar-refractivity contribution in [2.75, 3.05) is 6.61 Å². The molecule has 0 saturated heterocycles. The van der Waals surface area contributed by atoms with Crippen LogP contribution in [0.15, 0.2) is 60.7 Å². The monoisotopic (exact) mass is 401 g/mol. The van der Waals surface area contributed by atoms with Crippen molar-refractivity contribution in [3.05, 3.63) is 94.3 Å².